The smallest absolute Gasteiger partial charge is 0.225 e. The van der Waals surface area contributed by atoms with Crippen LogP contribution in [0.4, 0.5) is 0 Å². The van der Waals surface area contributed by atoms with E-state index in [0.29, 0.717) is 5.76 Å². The standard InChI is InChI=1S/C11H8O4/c12-9(11-10(13)5-7-15-11)4-3-8-2-1-6-14-8/h1-7,13H/b4-3-. The molecule has 0 amide bonds. The van der Waals surface area contributed by atoms with Gasteiger partial charge in [-0.1, -0.05) is 0 Å². The summed E-state index contributed by atoms with van der Waals surface area (Å²) < 4.78 is 9.81. The van der Waals surface area contributed by atoms with Crippen molar-refractivity contribution in [1.82, 2.24) is 0 Å². The first-order chi connectivity index (χ1) is 7.27. The molecule has 76 valence electrons. The van der Waals surface area contributed by atoms with Gasteiger partial charge in [0, 0.05) is 6.07 Å². The summed E-state index contributed by atoms with van der Waals surface area (Å²) in [5, 5.41) is 9.21. The van der Waals surface area contributed by atoms with Crippen LogP contribution in [0.1, 0.15) is 16.3 Å². The Labute approximate surface area is 85.4 Å². The van der Waals surface area contributed by atoms with Gasteiger partial charge in [-0.25, -0.2) is 0 Å². The van der Waals surface area contributed by atoms with Gasteiger partial charge in [0.2, 0.25) is 11.5 Å². The third-order valence-corrected chi connectivity index (χ3v) is 1.81. The van der Waals surface area contributed by atoms with Crippen molar-refractivity contribution in [3.05, 3.63) is 48.3 Å². The minimum Gasteiger partial charge on any atom is -0.504 e. The van der Waals surface area contributed by atoms with Crippen molar-refractivity contribution >= 4 is 11.9 Å². The number of hydrogen-bond donors (Lipinski definition) is 1. The van der Waals surface area contributed by atoms with Gasteiger partial charge in [-0.2, -0.15) is 0 Å². The Kier molecular flexibility index (Phi) is 2.41. The minimum absolute atomic E-state index is 0.0715. The van der Waals surface area contributed by atoms with E-state index in [1.54, 1.807) is 12.1 Å². The number of rotatable bonds is 3. The third kappa shape index (κ3) is 1.99. The summed E-state index contributed by atoms with van der Waals surface area (Å²) in [4.78, 5) is 11.4. The van der Waals surface area contributed by atoms with Crippen LogP contribution in [0.15, 0.2) is 45.6 Å². The Morgan fingerprint density at radius 2 is 2.13 bits per heavy atom. The predicted octanol–water partition coefficient (Wildman–Crippen LogP) is 2.47. The topological polar surface area (TPSA) is 63.6 Å². The van der Waals surface area contributed by atoms with E-state index in [-0.39, 0.29) is 11.5 Å². The molecule has 2 aromatic heterocycles. The quantitative estimate of drug-likeness (QED) is 0.616. The van der Waals surface area contributed by atoms with Crippen LogP contribution in [0.25, 0.3) is 6.08 Å². The van der Waals surface area contributed by atoms with Crippen LogP contribution in [0.2, 0.25) is 0 Å². The lowest BCUT2D eigenvalue weighted by molar-refractivity contribution is 0.101. The van der Waals surface area contributed by atoms with Crippen LogP contribution in [0.5, 0.6) is 5.75 Å². The summed E-state index contributed by atoms with van der Waals surface area (Å²) in [6, 6.07) is 4.74. The number of ketones is 1. The average molecular weight is 204 g/mol. The van der Waals surface area contributed by atoms with E-state index >= 15 is 0 Å². The molecule has 0 radical (unpaired) electrons. The fourth-order valence-electron chi connectivity index (χ4n) is 1.11. The number of aromatic hydroxyl groups is 1. The van der Waals surface area contributed by atoms with E-state index < -0.39 is 5.78 Å². The Hall–Kier alpha value is -2.23. The molecule has 0 atom stereocenters. The highest BCUT2D eigenvalue weighted by Gasteiger charge is 2.11. The first-order valence-corrected chi connectivity index (χ1v) is 4.30. The van der Waals surface area contributed by atoms with Crippen molar-refractivity contribution < 1.29 is 18.7 Å². The molecule has 0 aromatic carbocycles. The molecule has 0 aliphatic carbocycles. The van der Waals surface area contributed by atoms with E-state index in [1.165, 1.54) is 30.7 Å². The van der Waals surface area contributed by atoms with Gasteiger partial charge in [-0.3, -0.25) is 4.79 Å². The monoisotopic (exact) mass is 204 g/mol. The lowest BCUT2D eigenvalue weighted by Gasteiger charge is -1.89. The molecule has 15 heavy (non-hydrogen) atoms. The third-order valence-electron chi connectivity index (χ3n) is 1.81. The normalized spacial score (nSPS) is 10.9. The molecule has 0 aliphatic rings. The summed E-state index contributed by atoms with van der Waals surface area (Å²) in [5.74, 6) is -0.0785. The molecule has 0 saturated heterocycles. The van der Waals surface area contributed by atoms with E-state index in [2.05, 4.69) is 0 Å². The van der Waals surface area contributed by atoms with Crippen LogP contribution in [0.3, 0.4) is 0 Å². The lowest BCUT2D eigenvalue weighted by Crippen LogP contribution is -1.90. The molecule has 4 heteroatoms. The molecule has 0 aliphatic heterocycles. The van der Waals surface area contributed by atoms with Gasteiger partial charge in [-0.05, 0) is 24.3 Å². The fourth-order valence-corrected chi connectivity index (χ4v) is 1.11. The van der Waals surface area contributed by atoms with Crippen LogP contribution < -0.4 is 0 Å². The van der Waals surface area contributed by atoms with Crippen LogP contribution in [0, 0.1) is 0 Å². The molecule has 2 heterocycles. The van der Waals surface area contributed by atoms with Gasteiger partial charge in [0.25, 0.3) is 0 Å². The van der Waals surface area contributed by atoms with Crippen molar-refractivity contribution in [1.29, 1.82) is 0 Å². The van der Waals surface area contributed by atoms with Crippen LogP contribution in [-0.2, 0) is 0 Å². The van der Waals surface area contributed by atoms with E-state index in [1.807, 2.05) is 0 Å². The van der Waals surface area contributed by atoms with Crippen molar-refractivity contribution in [3.63, 3.8) is 0 Å². The number of hydrogen-bond acceptors (Lipinski definition) is 4. The summed E-state index contributed by atoms with van der Waals surface area (Å²) in [7, 11) is 0. The molecule has 0 bridgehead atoms. The van der Waals surface area contributed by atoms with Crippen molar-refractivity contribution in [2.45, 2.75) is 0 Å². The lowest BCUT2D eigenvalue weighted by atomic mass is 10.2. The van der Waals surface area contributed by atoms with Gasteiger partial charge in [-0.15, -0.1) is 0 Å². The Balaban J connectivity index is 2.14. The zero-order valence-electron chi connectivity index (χ0n) is 7.71. The maximum Gasteiger partial charge on any atom is 0.225 e. The molecule has 0 spiro atoms. The van der Waals surface area contributed by atoms with Crippen molar-refractivity contribution in [3.8, 4) is 5.75 Å². The minimum atomic E-state index is -0.408. The molecule has 0 saturated carbocycles. The second-order valence-electron chi connectivity index (χ2n) is 2.85. The second-order valence-corrected chi connectivity index (χ2v) is 2.85. The SMILES string of the molecule is O=C(/C=C\c1ccco1)c1occc1O. The van der Waals surface area contributed by atoms with Gasteiger partial charge in [0.1, 0.15) is 5.76 Å². The Morgan fingerprint density at radius 3 is 2.73 bits per heavy atom. The van der Waals surface area contributed by atoms with Gasteiger partial charge < -0.3 is 13.9 Å². The Bertz CT molecular complexity index is 476. The maximum atomic E-state index is 11.4. The largest absolute Gasteiger partial charge is 0.504 e. The average Bonchev–Trinajstić information content (AvgIpc) is 2.84. The maximum absolute atomic E-state index is 11.4. The highest BCUT2D eigenvalue weighted by Crippen LogP contribution is 2.18. The number of allylic oxidation sites excluding steroid dienone is 1. The summed E-state index contributed by atoms with van der Waals surface area (Å²) in [6.45, 7) is 0. The molecule has 0 unspecified atom stereocenters. The zero-order valence-corrected chi connectivity index (χ0v) is 7.71. The highest BCUT2D eigenvalue weighted by molar-refractivity contribution is 6.06. The van der Waals surface area contributed by atoms with E-state index in [4.69, 9.17) is 8.83 Å². The number of furan rings is 2. The molecule has 1 N–H and O–H groups in total. The van der Waals surface area contributed by atoms with E-state index in [0.717, 1.165) is 0 Å². The number of carbonyl (C=O) groups excluding carboxylic acids is 1. The first kappa shape index (κ1) is 9.33. The highest BCUT2D eigenvalue weighted by atomic mass is 16.4. The Morgan fingerprint density at radius 1 is 1.27 bits per heavy atom. The molecule has 0 fully saturated rings. The predicted molar refractivity (Wildman–Crippen MR) is 52.4 cm³/mol. The van der Waals surface area contributed by atoms with Crippen LogP contribution in [-0.4, -0.2) is 10.9 Å². The second kappa shape index (κ2) is 3.88. The molecule has 2 aromatic rings. The summed E-state index contributed by atoms with van der Waals surface area (Å²) in [5.41, 5.74) is 0. The number of carbonyl (C=O) groups is 1. The molecule has 4 nitrogen and oxygen atoms in total. The van der Waals surface area contributed by atoms with Gasteiger partial charge in [0.15, 0.2) is 5.75 Å². The van der Waals surface area contributed by atoms with Gasteiger partial charge in [0.05, 0.1) is 12.5 Å². The summed E-state index contributed by atoms with van der Waals surface area (Å²) in [6.07, 6.45) is 5.54. The zero-order chi connectivity index (χ0) is 10.7. The summed E-state index contributed by atoms with van der Waals surface area (Å²) >= 11 is 0. The van der Waals surface area contributed by atoms with Crippen molar-refractivity contribution in [2.75, 3.05) is 0 Å². The molecular formula is C11H8O4. The van der Waals surface area contributed by atoms with Crippen molar-refractivity contribution in [2.24, 2.45) is 0 Å². The van der Waals surface area contributed by atoms with E-state index in [9.17, 15) is 9.90 Å². The van der Waals surface area contributed by atoms with Crippen LogP contribution >= 0.6 is 0 Å². The molecular weight excluding hydrogens is 196 g/mol. The molecule has 2 rings (SSSR count). The fraction of sp³-hybridized carbons (Fsp3) is 0. The first-order valence-electron chi connectivity index (χ1n) is 4.30. The van der Waals surface area contributed by atoms with Gasteiger partial charge >= 0.3 is 0 Å².